The van der Waals surface area contributed by atoms with E-state index in [1.54, 1.807) is 4.57 Å². The molecule has 0 aliphatic heterocycles. The number of aromatic nitrogens is 1. The number of amides is 1. The lowest BCUT2D eigenvalue weighted by molar-refractivity contribution is 0.0924. The average Bonchev–Trinajstić information content (AvgIpc) is 2.68. The minimum absolute atomic E-state index is 0.00450. The van der Waals surface area contributed by atoms with Gasteiger partial charge in [0.1, 0.15) is 10.6 Å². The van der Waals surface area contributed by atoms with Gasteiger partial charge in [-0.25, -0.2) is 8.42 Å². The number of carbonyl (C=O) groups is 1. The lowest BCUT2D eigenvalue weighted by Gasteiger charge is -2.29. The van der Waals surface area contributed by atoms with Crippen molar-refractivity contribution in [2.24, 2.45) is 5.92 Å². The van der Waals surface area contributed by atoms with Gasteiger partial charge in [0.25, 0.3) is 15.0 Å². The summed E-state index contributed by atoms with van der Waals surface area (Å²) in [6, 6.07) is 1.60. The summed E-state index contributed by atoms with van der Waals surface area (Å²) in [6.45, 7) is 0.664. The average molecular weight is 331 g/mol. The molecule has 1 heterocycles. The van der Waals surface area contributed by atoms with Crippen molar-refractivity contribution in [2.75, 3.05) is 6.54 Å². The van der Waals surface area contributed by atoms with E-state index in [0.29, 0.717) is 18.2 Å². The first kappa shape index (κ1) is 14.9. The molecule has 1 aromatic heterocycles. The summed E-state index contributed by atoms with van der Waals surface area (Å²) in [6.07, 6.45) is 8.09. The fraction of sp³-hybridized carbons (Fsp3) is 0.643. The van der Waals surface area contributed by atoms with Crippen molar-refractivity contribution in [1.82, 2.24) is 9.88 Å². The summed E-state index contributed by atoms with van der Waals surface area (Å²) in [5.74, 6) is 0.359. The fourth-order valence-electron chi connectivity index (χ4n) is 2.76. The highest BCUT2D eigenvalue weighted by atomic mass is 35.7. The predicted molar refractivity (Wildman–Crippen MR) is 80.0 cm³/mol. The Hall–Kier alpha value is -1.01. The van der Waals surface area contributed by atoms with Crippen LogP contribution in [-0.2, 0) is 9.05 Å². The highest BCUT2D eigenvalue weighted by Crippen LogP contribution is 2.34. The van der Waals surface area contributed by atoms with Gasteiger partial charge in [-0.1, -0.05) is 6.42 Å². The van der Waals surface area contributed by atoms with Crippen molar-refractivity contribution in [3.8, 4) is 0 Å². The summed E-state index contributed by atoms with van der Waals surface area (Å²) >= 11 is 0. The minimum Gasteiger partial charge on any atom is -0.350 e. The van der Waals surface area contributed by atoms with E-state index in [1.165, 1.54) is 18.7 Å². The zero-order valence-corrected chi connectivity index (χ0v) is 13.3. The molecule has 116 valence electrons. The quantitative estimate of drug-likeness (QED) is 0.844. The molecule has 0 bridgehead atoms. The Kier molecular flexibility index (Phi) is 4.01. The van der Waals surface area contributed by atoms with Crippen LogP contribution in [0.15, 0.2) is 17.2 Å². The van der Waals surface area contributed by atoms with Crippen LogP contribution in [-0.4, -0.2) is 25.4 Å². The maximum Gasteiger partial charge on any atom is 0.267 e. The van der Waals surface area contributed by atoms with Gasteiger partial charge in [-0.3, -0.25) is 4.79 Å². The maximum atomic E-state index is 12.3. The second-order valence-electron chi connectivity index (χ2n) is 6.00. The lowest BCUT2D eigenvalue weighted by Crippen LogP contribution is -2.34. The first-order chi connectivity index (χ1) is 9.95. The normalized spacial score (nSPS) is 19.9. The van der Waals surface area contributed by atoms with E-state index in [2.05, 4.69) is 5.32 Å². The summed E-state index contributed by atoms with van der Waals surface area (Å²) in [5, 5.41) is 2.91. The molecule has 0 saturated heterocycles. The number of hydrogen-bond acceptors (Lipinski definition) is 3. The van der Waals surface area contributed by atoms with E-state index in [0.717, 1.165) is 32.1 Å². The van der Waals surface area contributed by atoms with E-state index in [4.69, 9.17) is 10.7 Å². The fourth-order valence-corrected chi connectivity index (χ4v) is 3.51. The maximum absolute atomic E-state index is 12.3. The highest BCUT2D eigenvalue weighted by molar-refractivity contribution is 8.13. The van der Waals surface area contributed by atoms with E-state index < -0.39 is 9.05 Å². The molecule has 2 saturated carbocycles. The summed E-state index contributed by atoms with van der Waals surface area (Å²) in [7, 11) is 1.59. The number of nitrogens with one attached hydrogen (secondary N) is 1. The number of hydrogen-bond donors (Lipinski definition) is 1. The number of carbonyl (C=O) groups excluding carboxylic acids is 1. The zero-order chi connectivity index (χ0) is 15.0. The molecule has 2 fully saturated rings. The van der Waals surface area contributed by atoms with Crippen LogP contribution in [0.4, 0.5) is 0 Å². The standard InChI is InChI=1S/C14H19ClN2O3S/c15-21(19,20)12-7-13(17(9-12)11-5-2-6-11)14(18)16-8-10-3-1-4-10/h7,9-11H,1-6,8H2,(H,16,18). The zero-order valence-electron chi connectivity index (χ0n) is 11.7. The smallest absolute Gasteiger partial charge is 0.267 e. The minimum atomic E-state index is -3.81. The van der Waals surface area contributed by atoms with Gasteiger partial charge in [0.2, 0.25) is 0 Å². The van der Waals surface area contributed by atoms with Crippen molar-refractivity contribution in [3.63, 3.8) is 0 Å². The van der Waals surface area contributed by atoms with Gasteiger partial charge in [-0.05, 0) is 44.1 Å². The van der Waals surface area contributed by atoms with Gasteiger partial charge in [-0.15, -0.1) is 0 Å². The molecule has 0 aromatic carbocycles. The van der Waals surface area contributed by atoms with Crippen LogP contribution in [0, 0.1) is 5.92 Å². The predicted octanol–water partition coefficient (Wildman–Crippen LogP) is 2.67. The lowest BCUT2D eigenvalue weighted by atomic mass is 9.85. The molecule has 1 N–H and O–H groups in total. The Bertz CT molecular complexity index is 645. The molecule has 21 heavy (non-hydrogen) atoms. The molecule has 1 amide bonds. The molecule has 0 unspecified atom stereocenters. The Labute approximate surface area is 129 Å². The van der Waals surface area contributed by atoms with E-state index in [1.807, 2.05) is 0 Å². The molecule has 5 nitrogen and oxygen atoms in total. The van der Waals surface area contributed by atoms with Crippen molar-refractivity contribution < 1.29 is 13.2 Å². The van der Waals surface area contributed by atoms with Gasteiger partial charge < -0.3 is 9.88 Å². The van der Waals surface area contributed by atoms with Crippen LogP contribution in [0.25, 0.3) is 0 Å². The molecule has 7 heteroatoms. The van der Waals surface area contributed by atoms with Gasteiger partial charge in [-0.2, -0.15) is 0 Å². The first-order valence-electron chi connectivity index (χ1n) is 7.40. The van der Waals surface area contributed by atoms with Crippen LogP contribution >= 0.6 is 10.7 Å². The molecule has 2 aliphatic carbocycles. The Morgan fingerprint density at radius 1 is 1.29 bits per heavy atom. The second-order valence-corrected chi connectivity index (χ2v) is 8.56. The number of halogens is 1. The number of nitrogens with zero attached hydrogens (tertiary/aromatic N) is 1. The molecular weight excluding hydrogens is 312 g/mol. The Morgan fingerprint density at radius 2 is 1.95 bits per heavy atom. The molecule has 2 aliphatic rings. The van der Waals surface area contributed by atoms with Crippen LogP contribution in [0.5, 0.6) is 0 Å². The van der Waals surface area contributed by atoms with E-state index in [-0.39, 0.29) is 16.8 Å². The Balaban J connectivity index is 1.80. The van der Waals surface area contributed by atoms with E-state index >= 15 is 0 Å². The Morgan fingerprint density at radius 3 is 2.43 bits per heavy atom. The van der Waals surface area contributed by atoms with Gasteiger partial charge in [0.15, 0.2) is 0 Å². The van der Waals surface area contributed by atoms with Crippen molar-refractivity contribution in [1.29, 1.82) is 0 Å². The molecular formula is C14H19ClN2O3S. The van der Waals surface area contributed by atoms with Crippen molar-refractivity contribution in [2.45, 2.75) is 49.5 Å². The SMILES string of the molecule is O=C(NCC1CCC1)c1cc(S(=O)(=O)Cl)cn1C1CCC1. The van der Waals surface area contributed by atoms with Crippen molar-refractivity contribution in [3.05, 3.63) is 18.0 Å². The third kappa shape index (κ3) is 3.11. The third-order valence-electron chi connectivity index (χ3n) is 4.58. The van der Waals surface area contributed by atoms with Crippen molar-refractivity contribution >= 4 is 25.6 Å². The van der Waals surface area contributed by atoms with Gasteiger partial charge in [0, 0.05) is 29.5 Å². The van der Waals surface area contributed by atoms with Crippen LogP contribution in [0.2, 0.25) is 0 Å². The monoisotopic (exact) mass is 330 g/mol. The number of rotatable bonds is 5. The van der Waals surface area contributed by atoms with E-state index in [9.17, 15) is 13.2 Å². The van der Waals surface area contributed by atoms with Crippen LogP contribution in [0.1, 0.15) is 55.1 Å². The second kappa shape index (κ2) is 5.65. The molecule has 0 radical (unpaired) electrons. The van der Waals surface area contributed by atoms with Crippen LogP contribution < -0.4 is 5.32 Å². The van der Waals surface area contributed by atoms with Gasteiger partial charge >= 0.3 is 0 Å². The molecule has 3 rings (SSSR count). The third-order valence-corrected chi connectivity index (χ3v) is 5.90. The molecule has 0 atom stereocenters. The highest BCUT2D eigenvalue weighted by Gasteiger charge is 2.28. The largest absolute Gasteiger partial charge is 0.350 e. The van der Waals surface area contributed by atoms with Crippen LogP contribution in [0.3, 0.4) is 0 Å². The summed E-state index contributed by atoms with van der Waals surface area (Å²) in [5.41, 5.74) is 0.401. The topological polar surface area (TPSA) is 68.2 Å². The molecule has 0 spiro atoms. The summed E-state index contributed by atoms with van der Waals surface area (Å²) in [4.78, 5) is 12.3. The summed E-state index contributed by atoms with van der Waals surface area (Å²) < 4.78 is 24.8. The molecule has 1 aromatic rings. The van der Waals surface area contributed by atoms with Gasteiger partial charge in [0.05, 0.1) is 0 Å². The first-order valence-corrected chi connectivity index (χ1v) is 9.71.